The van der Waals surface area contributed by atoms with Crippen LogP contribution in [0.25, 0.3) is 0 Å². The summed E-state index contributed by atoms with van der Waals surface area (Å²) >= 11 is 0. The minimum atomic E-state index is -0.550. The Labute approximate surface area is 180 Å². The Kier molecular flexibility index (Phi) is 6.03. The third-order valence-electron chi connectivity index (χ3n) is 6.83. The average molecular weight is 408 g/mol. The van der Waals surface area contributed by atoms with Gasteiger partial charge >= 0.3 is 0 Å². The molecule has 1 amide bonds. The number of carbonyl (C=O) groups is 1. The van der Waals surface area contributed by atoms with E-state index in [-0.39, 0.29) is 17.6 Å². The van der Waals surface area contributed by atoms with Crippen molar-refractivity contribution in [1.29, 1.82) is 0 Å². The van der Waals surface area contributed by atoms with Crippen LogP contribution < -0.4 is 14.8 Å². The lowest BCUT2D eigenvalue weighted by molar-refractivity contribution is -0.128. The summed E-state index contributed by atoms with van der Waals surface area (Å²) in [6.45, 7) is 6.15. The van der Waals surface area contributed by atoms with Gasteiger partial charge in [0.05, 0.1) is 6.04 Å². The van der Waals surface area contributed by atoms with E-state index < -0.39 is 6.10 Å². The maximum Gasteiger partial charge on any atom is 0.261 e. The van der Waals surface area contributed by atoms with E-state index in [1.165, 1.54) is 24.0 Å². The zero-order chi connectivity index (χ0) is 21.1. The maximum atomic E-state index is 13.1. The second-order valence-corrected chi connectivity index (χ2v) is 8.66. The first-order chi connectivity index (χ1) is 14.5. The van der Waals surface area contributed by atoms with Crippen LogP contribution in [0, 0.1) is 0 Å². The maximum absolute atomic E-state index is 13.1. The summed E-state index contributed by atoms with van der Waals surface area (Å²) in [4.78, 5) is 13.1. The number of nitrogens with one attached hydrogen (secondary N) is 1. The van der Waals surface area contributed by atoms with E-state index >= 15 is 0 Å². The van der Waals surface area contributed by atoms with Crippen molar-refractivity contribution in [2.24, 2.45) is 0 Å². The Morgan fingerprint density at radius 2 is 1.90 bits per heavy atom. The summed E-state index contributed by atoms with van der Waals surface area (Å²) in [7, 11) is 0. The topological polar surface area (TPSA) is 47.6 Å². The lowest BCUT2D eigenvalue weighted by Gasteiger charge is -2.42. The number of ether oxygens (including phenoxy) is 2. The quantitative estimate of drug-likeness (QED) is 0.685. The first-order valence-electron chi connectivity index (χ1n) is 11.4. The zero-order valence-electron chi connectivity index (χ0n) is 18.4. The molecule has 0 spiro atoms. The smallest absolute Gasteiger partial charge is 0.261 e. The van der Waals surface area contributed by atoms with Crippen molar-refractivity contribution in [2.75, 3.05) is 0 Å². The van der Waals surface area contributed by atoms with Crippen molar-refractivity contribution in [3.8, 4) is 11.5 Å². The Balaban J connectivity index is 1.50. The average Bonchev–Trinajstić information content (AvgIpc) is 2.79. The SMILES string of the molecule is CCC1(CC)C[C@H](NC(=O)[C@H](C)Oc2cccc3c2CCCC3)c2ccccc2O1. The van der Waals surface area contributed by atoms with Gasteiger partial charge in [-0.15, -0.1) is 0 Å². The molecular weight excluding hydrogens is 374 g/mol. The molecule has 160 valence electrons. The van der Waals surface area contributed by atoms with Crippen LogP contribution in [-0.2, 0) is 17.6 Å². The van der Waals surface area contributed by atoms with Gasteiger partial charge in [-0.3, -0.25) is 4.79 Å². The molecule has 1 N–H and O–H groups in total. The Morgan fingerprint density at radius 1 is 1.13 bits per heavy atom. The molecule has 4 heteroatoms. The number of hydrogen-bond donors (Lipinski definition) is 1. The molecule has 0 unspecified atom stereocenters. The number of carbonyl (C=O) groups excluding carboxylic acids is 1. The Hall–Kier alpha value is -2.49. The van der Waals surface area contributed by atoms with Crippen LogP contribution in [0.1, 0.15) is 75.6 Å². The molecule has 1 aliphatic carbocycles. The van der Waals surface area contributed by atoms with Crippen LogP contribution in [-0.4, -0.2) is 17.6 Å². The molecule has 2 aromatic rings. The van der Waals surface area contributed by atoms with Crippen LogP contribution in [0.15, 0.2) is 42.5 Å². The summed E-state index contributed by atoms with van der Waals surface area (Å²) in [5.74, 6) is 1.66. The molecule has 4 rings (SSSR count). The molecule has 30 heavy (non-hydrogen) atoms. The first-order valence-corrected chi connectivity index (χ1v) is 11.4. The highest BCUT2D eigenvalue weighted by Gasteiger charge is 2.39. The number of rotatable bonds is 6. The van der Waals surface area contributed by atoms with Crippen molar-refractivity contribution in [3.05, 3.63) is 59.2 Å². The molecule has 0 fully saturated rings. The number of aryl methyl sites for hydroxylation is 1. The molecule has 2 aromatic carbocycles. The molecule has 2 aliphatic rings. The van der Waals surface area contributed by atoms with Gasteiger partial charge in [-0.25, -0.2) is 0 Å². The predicted octanol–water partition coefficient (Wildman–Crippen LogP) is 5.53. The van der Waals surface area contributed by atoms with Crippen LogP contribution in [0.5, 0.6) is 11.5 Å². The number of amides is 1. The lowest BCUT2D eigenvalue weighted by atomic mass is 9.83. The van der Waals surface area contributed by atoms with E-state index in [0.717, 1.165) is 49.2 Å². The van der Waals surface area contributed by atoms with E-state index in [1.807, 2.05) is 37.3 Å². The third kappa shape index (κ3) is 4.05. The molecule has 0 saturated heterocycles. The monoisotopic (exact) mass is 407 g/mol. The van der Waals surface area contributed by atoms with E-state index in [9.17, 15) is 4.79 Å². The molecule has 1 heterocycles. The summed E-state index contributed by atoms with van der Waals surface area (Å²) in [5.41, 5.74) is 3.44. The number of para-hydroxylation sites is 1. The normalized spacial score (nSPS) is 20.3. The Bertz CT molecular complexity index is 903. The Morgan fingerprint density at radius 3 is 2.70 bits per heavy atom. The standard InChI is InChI=1S/C26H33NO3/c1-4-26(5-2)17-22(21-14-8-9-15-24(21)30-26)27-25(28)18(3)29-23-16-10-12-19-11-6-7-13-20(19)23/h8-10,12,14-16,18,22H,4-7,11,13,17H2,1-3H3,(H,27,28)/t18-,22-/m0/s1. The highest BCUT2D eigenvalue weighted by molar-refractivity contribution is 5.81. The summed E-state index contributed by atoms with van der Waals surface area (Å²) in [6, 6.07) is 14.2. The van der Waals surface area contributed by atoms with Crippen molar-refractivity contribution < 1.29 is 14.3 Å². The first kappa shape index (κ1) is 20.8. The van der Waals surface area contributed by atoms with Gasteiger partial charge in [0.2, 0.25) is 0 Å². The van der Waals surface area contributed by atoms with Gasteiger partial charge in [-0.05, 0) is 68.7 Å². The van der Waals surface area contributed by atoms with E-state index in [4.69, 9.17) is 9.47 Å². The second-order valence-electron chi connectivity index (χ2n) is 8.66. The van der Waals surface area contributed by atoms with Crippen LogP contribution in [0.2, 0.25) is 0 Å². The van der Waals surface area contributed by atoms with Gasteiger partial charge in [-0.1, -0.05) is 44.2 Å². The zero-order valence-corrected chi connectivity index (χ0v) is 18.4. The van der Waals surface area contributed by atoms with Crippen LogP contribution >= 0.6 is 0 Å². The molecule has 2 atom stereocenters. The van der Waals surface area contributed by atoms with Gasteiger partial charge in [0.25, 0.3) is 5.91 Å². The fraction of sp³-hybridized carbons (Fsp3) is 0.500. The van der Waals surface area contributed by atoms with Crippen molar-refractivity contribution in [1.82, 2.24) is 5.32 Å². The van der Waals surface area contributed by atoms with Gasteiger partial charge in [0.15, 0.2) is 6.10 Å². The molecule has 0 bridgehead atoms. The minimum Gasteiger partial charge on any atom is -0.487 e. The molecule has 0 radical (unpaired) electrons. The van der Waals surface area contributed by atoms with Gasteiger partial charge in [0, 0.05) is 12.0 Å². The van der Waals surface area contributed by atoms with Crippen molar-refractivity contribution in [3.63, 3.8) is 0 Å². The highest BCUT2D eigenvalue weighted by Crippen LogP contribution is 2.42. The number of fused-ring (bicyclic) bond motifs is 2. The van der Waals surface area contributed by atoms with E-state index in [0.29, 0.717) is 0 Å². The molecule has 4 nitrogen and oxygen atoms in total. The summed E-state index contributed by atoms with van der Waals surface area (Å²) < 4.78 is 12.5. The largest absolute Gasteiger partial charge is 0.487 e. The lowest BCUT2D eigenvalue weighted by Crippen LogP contribution is -2.47. The van der Waals surface area contributed by atoms with E-state index in [1.54, 1.807) is 0 Å². The third-order valence-corrected chi connectivity index (χ3v) is 6.83. The molecule has 0 saturated carbocycles. The predicted molar refractivity (Wildman–Crippen MR) is 119 cm³/mol. The number of benzene rings is 2. The van der Waals surface area contributed by atoms with E-state index in [2.05, 4.69) is 31.3 Å². The number of hydrogen-bond acceptors (Lipinski definition) is 3. The summed E-state index contributed by atoms with van der Waals surface area (Å²) in [6.07, 6.45) is 6.58. The fourth-order valence-electron chi connectivity index (χ4n) is 4.82. The van der Waals surface area contributed by atoms with Gasteiger partial charge < -0.3 is 14.8 Å². The van der Waals surface area contributed by atoms with Crippen molar-refractivity contribution in [2.45, 2.75) is 83.5 Å². The fourth-order valence-corrected chi connectivity index (χ4v) is 4.82. The van der Waals surface area contributed by atoms with Gasteiger partial charge in [0.1, 0.15) is 17.1 Å². The minimum absolute atomic E-state index is 0.0712. The summed E-state index contributed by atoms with van der Waals surface area (Å²) in [5, 5.41) is 3.25. The van der Waals surface area contributed by atoms with Crippen molar-refractivity contribution >= 4 is 5.91 Å². The molecule has 1 aliphatic heterocycles. The molecule has 0 aromatic heterocycles. The van der Waals surface area contributed by atoms with Crippen LogP contribution in [0.4, 0.5) is 0 Å². The van der Waals surface area contributed by atoms with Crippen LogP contribution in [0.3, 0.4) is 0 Å². The highest BCUT2D eigenvalue weighted by atomic mass is 16.5. The van der Waals surface area contributed by atoms with Gasteiger partial charge in [-0.2, -0.15) is 0 Å². The molecular formula is C26H33NO3. The second kappa shape index (κ2) is 8.71.